The number of amides is 1. The fourth-order valence-corrected chi connectivity index (χ4v) is 4.25. The first kappa shape index (κ1) is 20.1. The van der Waals surface area contributed by atoms with Crippen LogP contribution in [-0.4, -0.2) is 30.8 Å². The monoisotopic (exact) mass is 424 g/mol. The molecule has 1 amide bonds. The van der Waals surface area contributed by atoms with Crippen molar-refractivity contribution in [2.75, 3.05) is 20.3 Å². The summed E-state index contributed by atoms with van der Waals surface area (Å²) in [7, 11) is 1.62. The van der Waals surface area contributed by atoms with E-state index < -0.39 is 11.3 Å². The summed E-state index contributed by atoms with van der Waals surface area (Å²) < 4.78 is 19.1. The summed E-state index contributed by atoms with van der Waals surface area (Å²) in [6, 6.07) is 12.5. The second kappa shape index (κ2) is 8.64. The van der Waals surface area contributed by atoms with Crippen molar-refractivity contribution in [3.05, 3.63) is 69.3 Å². The van der Waals surface area contributed by atoms with Gasteiger partial charge in [-0.2, -0.15) is 4.99 Å². The van der Waals surface area contributed by atoms with E-state index in [2.05, 4.69) is 4.99 Å². The van der Waals surface area contributed by atoms with Gasteiger partial charge in [0.05, 0.1) is 28.8 Å². The van der Waals surface area contributed by atoms with Crippen molar-refractivity contribution >= 4 is 38.4 Å². The molecule has 4 rings (SSSR count). The van der Waals surface area contributed by atoms with Crippen molar-refractivity contribution in [2.45, 2.75) is 13.5 Å². The maximum atomic E-state index is 12.9. The molecular weight excluding hydrogens is 404 g/mol. The molecule has 0 fully saturated rings. The standard InChI is InChI=1S/C22H20N2O5S/c1-3-28-14-8-9-17-19(12-14)30-22(24(17)10-11-27-2)23-21(26)16-13-29-18-7-5-4-6-15(18)20(16)25/h4-9,12-13H,3,10-11H2,1-2H3. The fraction of sp³-hybridized carbons (Fsp3) is 0.227. The molecule has 0 aliphatic rings. The Morgan fingerprint density at radius 3 is 2.87 bits per heavy atom. The van der Waals surface area contributed by atoms with Gasteiger partial charge in [0, 0.05) is 13.7 Å². The van der Waals surface area contributed by atoms with Gasteiger partial charge in [0.1, 0.15) is 23.2 Å². The lowest BCUT2D eigenvalue weighted by Gasteiger charge is -2.06. The number of methoxy groups -OCH3 is 1. The predicted molar refractivity (Wildman–Crippen MR) is 115 cm³/mol. The number of fused-ring (bicyclic) bond motifs is 2. The molecule has 2 aromatic carbocycles. The Balaban J connectivity index is 1.83. The van der Waals surface area contributed by atoms with Gasteiger partial charge in [-0.3, -0.25) is 9.59 Å². The van der Waals surface area contributed by atoms with Crippen LogP contribution in [0.4, 0.5) is 0 Å². The average Bonchev–Trinajstić information content (AvgIpc) is 3.08. The Labute approximate surface area is 175 Å². The zero-order valence-electron chi connectivity index (χ0n) is 16.6. The van der Waals surface area contributed by atoms with Gasteiger partial charge in [-0.15, -0.1) is 0 Å². The topological polar surface area (TPSA) is 83.0 Å². The molecule has 0 radical (unpaired) electrons. The molecule has 8 heteroatoms. The third-order valence-corrected chi connectivity index (χ3v) is 5.63. The van der Waals surface area contributed by atoms with Crippen LogP contribution >= 0.6 is 11.3 Å². The third kappa shape index (κ3) is 3.79. The van der Waals surface area contributed by atoms with E-state index in [-0.39, 0.29) is 5.56 Å². The summed E-state index contributed by atoms with van der Waals surface area (Å²) in [5, 5.41) is 0.350. The summed E-state index contributed by atoms with van der Waals surface area (Å²) in [5.74, 6) is 0.107. The van der Waals surface area contributed by atoms with E-state index in [1.54, 1.807) is 31.4 Å². The molecule has 0 N–H and O–H groups in total. The zero-order valence-corrected chi connectivity index (χ0v) is 17.4. The molecule has 0 saturated carbocycles. The van der Waals surface area contributed by atoms with Gasteiger partial charge in [-0.05, 0) is 37.3 Å². The Morgan fingerprint density at radius 2 is 2.07 bits per heavy atom. The van der Waals surface area contributed by atoms with E-state index >= 15 is 0 Å². The van der Waals surface area contributed by atoms with Gasteiger partial charge in [0.15, 0.2) is 4.80 Å². The van der Waals surface area contributed by atoms with Crippen LogP contribution in [0.25, 0.3) is 21.2 Å². The number of hydrogen-bond acceptors (Lipinski definition) is 6. The molecule has 0 bridgehead atoms. The van der Waals surface area contributed by atoms with Crippen LogP contribution in [0.2, 0.25) is 0 Å². The molecular formula is C22H20N2O5S. The van der Waals surface area contributed by atoms with Gasteiger partial charge in [0.2, 0.25) is 5.43 Å². The largest absolute Gasteiger partial charge is 0.494 e. The lowest BCUT2D eigenvalue weighted by molar-refractivity contribution is 0.0994. The normalized spacial score (nSPS) is 12.0. The Bertz CT molecular complexity index is 1350. The van der Waals surface area contributed by atoms with E-state index in [9.17, 15) is 9.59 Å². The quantitative estimate of drug-likeness (QED) is 0.472. The van der Waals surface area contributed by atoms with Crippen LogP contribution in [0, 0.1) is 0 Å². The van der Waals surface area contributed by atoms with Gasteiger partial charge >= 0.3 is 0 Å². The number of benzene rings is 2. The van der Waals surface area contributed by atoms with Gasteiger partial charge in [-0.1, -0.05) is 23.5 Å². The van der Waals surface area contributed by atoms with Crippen LogP contribution in [0.1, 0.15) is 17.3 Å². The number of carbonyl (C=O) groups excluding carboxylic acids is 1. The predicted octanol–water partition coefficient (Wildman–Crippen LogP) is 3.60. The van der Waals surface area contributed by atoms with Gasteiger partial charge < -0.3 is 18.5 Å². The fourth-order valence-electron chi connectivity index (χ4n) is 3.17. The summed E-state index contributed by atoms with van der Waals surface area (Å²) in [4.78, 5) is 30.3. The second-order valence-corrected chi connectivity index (χ2v) is 7.49. The van der Waals surface area contributed by atoms with Crippen LogP contribution in [0.15, 0.2) is 62.9 Å². The first-order valence-electron chi connectivity index (χ1n) is 9.47. The summed E-state index contributed by atoms with van der Waals surface area (Å²) >= 11 is 1.35. The molecule has 30 heavy (non-hydrogen) atoms. The van der Waals surface area contributed by atoms with E-state index in [0.29, 0.717) is 35.5 Å². The van der Waals surface area contributed by atoms with Crippen molar-refractivity contribution in [3.8, 4) is 5.75 Å². The molecule has 2 heterocycles. The molecule has 0 aliphatic heterocycles. The highest BCUT2D eigenvalue weighted by molar-refractivity contribution is 7.16. The average molecular weight is 424 g/mol. The van der Waals surface area contributed by atoms with Crippen LogP contribution in [-0.2, 0) is 11.3 Å². The third-order valence-electron chi connectivity index (χ3n) is 4.59. The molecule has 2 aromatic heterocycles. The molecule has 4 aromatic rings. The smallest absolute Gasteiger partial charge is 0.286 e. The van der Waals surface area contributed by atoms with Crippen LogP contribution in [0.5, 0.6) is 5.75 Å². The molecule has 0 saturated heterocycles. The Kier molecular flexibility index (Phi) is 5.78. The summed E-state index contributed by atoms with van der Waals surface area (Å²) in [5.41, 5.74) is 0.852. The number of thiazole rings is 1. The molecule has 0 unspecified atom stereocenters. The minimum atomic E-state index is -0.641. The Morgan fingerprint density at radius 1 is 1.23 bits per heavy atom. The Hall–Kier alpha value is -3.23. The van der Waals surface area contributed by atoms with E-state index in [1.807, 2.05) is 29.7 Å². The molecule has 154 valence electrons. The lowest BCUT2D eigenvalue weighted by atomic mass is 10.2. The van der Waals surface area contributed by atoms with Crippen molar-refractivity contribution in [3.63, 3.8) is 0 Å². The SMILES string of the molecule is CCOc1ccc2c(c1)sc(=NC(=O)c1coc3ccccc3c1=O)n2CCOC. The van der Waals surface area contributed by atoms with Crippen molar-refractivity contribution in [1.29, 1.82) is 0 Å². The number of para-hydroxylation sites is 1. The molecule has 0 atom stereocenters. The molecule has 0 aliphatic carbocycles. The minimum absolute atomic E-state index is 0.0977. The molecule has 7 nitrogen and oxygen atoms in total. The van der Waals surface area contributed by atoms with E-state index in [1.165, 1.54) is 17.6 Å². The number of rotatable bonds is 6. The first-order chi connectivity index (χ1) is 14.6. The maximum Gasteiger partial charge on any atom is 0.286 e. The van der Waals surface area contributed by atoms with Crippen molar-refractivity contribution in [2.24, 2.45) is 4.99 Å². The highest BCUT2D eigenvalue weighted by Crippen LogP contribution is 2.23. The highest BCUT2D eigenvalue weighted by Gasteiger charge is 2.15. The first-order valence-corrected chi connectivity index (χ1v) is 10.3. The van der Waals surface area contributed by atoms with Crippen LogP contribution in [0.3, 0.4) is 0 Å². The van der Waals surface area contributed by atoms with Crippen molar-refractivity contribution < 1.29 is 18.7 Å². The lowest BCUT2D eigenvalue weighted by Crippen LogP contribution is -2.21. The van der Waals surface area contributed by atoms with Crippen molar-refractivity contribution in [1.82, 2.24) is 4.57 Å². The number of nitrogens with zero attached hydrogens (tertiary/aromatic N) is 2. The number of ether oxygens (including phenoxy) is 2. The maximum absolute atomic E-state index is 12.9. The minimum Gasteiger partial charge on any atom is -0.494 e. The van der Waals surface area contributed by atoms with E-state index in [0.717, 1.165) is 16.0 Å². The van der Waals surface area contributed by atoms with Crippen LogP contribution < -0.4 is 15.0 Å². The number of hydrogen-bond donors (Lipinski definition) is 0. The second-order valence-electron chi connectivity index (χ2n) is 6.48. The van der Waals surface area contributed by atoms with E-state index in [4.69, 9.17) is 13.9 Å². The van der Waals surface area contributed by atoms with Gasteiger partial charge in [-0.25, -0.2) is 0 Å². The van der Waals surface area contributed by atoms with Gasteiger partial charge in [0.25, 0.3) is 5.91 Å². The number of carbonyl (C=O) groups is 1. The number of aromatic nitrogens is 1. The molecule has 0 spiro atoms. The highest BCUT2D eigenvalue weighted by atomic mass is 32.1. The summed E-state index contributed by atoms with van der Waals surface area (Å²) in [6.45, 7) is 3.46. The zero-order chi connectivity index (χ0) is 21.1. The summed E-state index contributed by atoms with van der Waals surface area (Å²) in [6.07, 6.45) is 1.18.